The van der Waals surface area contributed by atoms with Crippen LogP contribution in [0, 0.1) is 0 Å². The predicted octanol–water partition coefficient (Wildman–Crippen LogP) is 4.27. The van der Waals surface area contributed by atoms with Crippen LogP contribution in [0.4, 0.5) is 11.5 Å². The van der Waals surface area contributed by atoms with Gasteiger partial charge < -0.3 is 24.5 Å². The molecular weight excluding hydrogens is 404 g/mol. The van der Waals surface area contributed by atoms with Crippen LogP contribution >= 0.6 is 0 Å². The van der Waals surface area contributed by atoms with E-state index in [0.29, 0.717) is 31.3 Å². The van der Waals surface area contributed by atoms with Crippen molar-refractivity contribution < 1.29 is 13.9 Å². The molecule has 3 heterocycles. The molecule has 164 valence electrons. The summed E-state index contributed by atoms with van der Waals surface area (Å²) in [6, 6.07) is 20.4. The van der Waals surface area contributed by atoms with E-state index in [-0.39, 0.29) is 6.10 Å². The second kappa shape index (κ2) is 9.38. The third kappa shape index (κ3) is 4.04. The minimum absolute atomic E-state index is 0.00289. The maximum atomic E-state index is 6.24. The number of hydrogen-bond acceptors (Lipinski definition) is 7. The van der Waals surface area contributed by atoms with Gasteiger partial charge in [-0.2, -0.15) is 0 Å². The fourth-order valence-corrected chi connectivity index (χ4v) is 4.35. The average molecular weight is 431 g/mol. The standard InChI is InChI=1S/C25H26N4O3/c26-12-15-31-22-9-5-4-8-21(22)29(24-20-11-14-32-25(20)28-17-27-24)16-23-19(10-13-30-23)18-6-2-1-3-7-18/h1-9,11,14,17,19,23H,10,12-13,15-16,26H2/t19?,23-/m1/s1. The van der Waals surface area contributed by atoms with Gasteiger partial charge in [-0.1, -0.05) is 42.5 Å². The fraction of sp³-hybridized carbons (Fsp3) is 0.280. The van der Waals surface area contributed by atoms with Gasteiger partial charge in [-0.25, -0.2) is 9.97 Å². The number of aromatic nitrogens is 2. The van der Waals surface area contributed by atoms with Gasteiger partial charge in [0.1, 0.15) is 24.5 Å². The summed E-state index contributed by atoms with van der Waals surface area (Å²) in [5.41, 5.74) is 8.44. The lowest BCUT2D eigenvalue weighted by Gasteiger charge is -2.30. The zero-order valence-corrected chi connectivity index (χ0v) is 17.8. The number of rotatable bonds is 8. The number of hydrogen-bond donors (Lipinski definition) is 1. The Hall–Kier alpha value is -3.42. The van der Waals surface area contributed by atoms with Gasteiger partial charge >= 0.3 is 0 Å². The number of nitrogens with two attached hydrogens (primary N) is 1. The third-order valence-electron chi connectivity index (χ3n) is 5.83. The molecule has 7 heteroatoms. The molecule has 0 spiro atoms. The minimum Gasteiger partial charge on any atom is -0.490 e. The SMILES string of the molecule is NCCOc1ccccc1N(C[C@H]1OCCC1c1ccccc1)c1ncnc2occc12. The van der Waals surface area contributed by atoms with Crippen molar-refractivity contribution in [2.45, 2.75) is 18.4 Å². The van der Waals surface area contributed by atoms with Crippen molar-refractivity contribution in [2.75, 3.05) is 31.2 Å². The molecular formula is C25H26N4O3. The van der Waals surface area contributed by atoms with Gasteiger partial charge in [0, 0.05) is 19.1 Å². The van der Waals surface area contributed by atoms with Crippen molar-refractivity contribution in [1.82, 2.24) is 9.97 Å². The summed E-state index contributed by atoms with van der Waals surface area (Å²) >= 11 is 0. The van der Waals surface area contributed by atoms with Crippen molar-refractivity contribution in [3.63, 3.8) is 0 Å². The number of nitrogens with zero attached hydrogens (tertiary/aromatic N) is 3. The molecule has 2 N–H and O–H groups in total. The van der Waals surface area contributed by atoms with Crippen molar-refractivity contribution >= 4 is 22.6 Å². The summed E-state index contributed by atoms with van der Waals surface area (Å²) in [6.07, 6.45) is 4.15. The summed E-state index contributed by atoms with van der Waals surface area (Å²) in [5.74, 6) is 1.81. The highest BCUT2D eigenvalue weighted by molar-refractivity contribution is 5.89. The van der Waals surface area contributed by atoms with Crippen LogP contribution in [0.1, 0.15) is 17.9 Å². The molecule has 2 atom stereocenters. The second-order valence-electron chi connectivity index (χ2n) is 7.77. The van der Waals surface area contributed by atoms with Gasteiger partial charge in [-0.15, -0.1) is 0 Å². The Balaban J connectivity index is 1.56. The molecule has 2 aromatic carbocycles. The lowest BCUT2D eigenvalue weighted by atomic mass is 9.92. The lowest BCUT2D eigenvalue weighted by Crippen LogP contribution is -2.32. The van der Waals surface area contributed by atoms with Crippen LogP contribution in [0.2, 0.25) is 0 Å². The predicted molar refractivity (Wildman–Crippen MR) is 123 cm³/mol. The molecule has 1 unspecified atom stereocenters. The monoisotopic (exact) mass is 430 g/mol. The van der Waals surface area contributed by atoms with Crippen molar-refractivity contribution in [1.29, 1.82) is 0 Å². The lowest BCUT2D eigenvalue weighted by molar-refractivity contribution is 0.110. The van der Waals surface area contributed by atoms with Crippen LogP contribution < -0.4 is 15.4 Å². The van der Waals surface area contributed by atoms with Crippen LogP contribution in [-0.4, -0.2) is 42.4 Å². The normalized spacial score (nSPS) is 18.2. The molecule has 0 saturated carbocycles. The minimum atomic E-state index is -0.00289. The third-order valence-corrected chi connectivity index (χ3v) is 5.83. The molecule has 1 aliphatic rings. The van der Waals surface area contributed by atoms with Crippen LogP contribution in [0.25, 0.3) is 11.1 Å². The Labute approximate surface area is 186 Å². The van der Waals surface area contributed by atoms with Crippen LogP contribution in [0.5, 0.6) is 5.75 Å². The quantitative estimate of drug-likeness (QED) is 0.447. The first kappa shape index (κ1) is 20.5. The van der Waals surface area contributed by atoms with Gasteiger partial charge in [-0.3, -0.25) is 0 Å². The molecule has 1 fully saturated rings. The Kier molecular flexibility index (Phi) is 6.00. The highest BCUT2D eigenvalue weighted by Crippen LogP contribution is 2.39. The zero-order chi connectivity index (χ0) is 21.8. The molecule has 0 radical (unpaired) electrons. The highest BCUT2D eigenvalue weighted by atomic mass is 16.5. The topological polar surface area (TPSA) is 86.6 Å². The zero-order valence-electron chi connectivity index (χ0n) is 17.8. The van der Waals surface area contributed by atoms with Gasteiger partial charge in [0.15, 0.2) is 0 Å². The number of anilines is 2. The first-order valence-corrected chi connectivity index (χ1v) is 10.9. The van der Waals surface area contributed by atoms with Crippen LogP contribution in [-0.2, 0) is 4.74 Å². The van der Waals surface area contributed by atoms with E-state index in [2.05, 4.69) is 39.1 Å². The van der Waals surface area contributed by atoms with E-state index >= 15 is 0 Å². The first-order valence-electron chi connectivity index (χ1n) is 10.9. The van der Waals surface area contributed by atoms with E-state index < -0.39 is 0 Å². The van der Waals surface area contributed by atoms with E-state index in [1.807, 2.05) is 36.4 Å². The van der Waals surface area contributed by atoms with Crippen molar-refractivity contribution in [2.24, 2.45) is 5.73 Å². The van der Waals surface area contributed by atoms with Gasteiger partial charge in [0.25, 0.3) is 0 Å². The van der Waals surface area contributed by atoms with Gasteiger partial charge in [-0.05, 0) is 30.2 Å². The molecule has 5 rings (SSSR count). The molecule has 1 saturated heterocycles. The summed E-state index contributed by atoms with van der Waals surface area (Å²) in [6.45, 7) is 2.21. The second-order valence-corrected chi connectivity index (χ2v) is 7.77. The van der Waals surface area contributed by atoms with E-state index in [0.717, 1.165) is 35.7 Å². The summed E-state index contributed by atoms with van der Waals surface area (Å²) in [5, 5.41) is 0.843. The van der Waals surface area contributed by atoms with Crippen LogP contribution in [0.15, 0.2) is 77.7 Å². The Morgan fingerprint density at radius 2 is 1.88 bits per heavy atom. The van der Waals surface area contributed by atoms with Crippen LogP contribution in [0.3, 0.4) is 0 Å². The molecule has 2 aromatic heterocycles. The Bertz CT molecular complexity index is 1160. The molecule has 0 amide bonds. The average Bonchev–Trinajstić information content (AvgIpc) is 3.51. The Morgan fingerprint density at radius 3 is 2.75 bits per heavy atom. The number of para-hydroxylation sites is 2. The number of benzene rings is 2. The molecule has 0 aliphatic carbocycles. The van der Waals surface area contributed by atoms with E-state index in [1.54, 1.807) is 6.26 Å². The molecule has 7 nitrogen and oxygen atoms in total. The van der Waals surface area contributed by atoms with Crippen molar-refractivity contribution in [3.8, 4) is 5.75 Å². The molecule has 4 aromatic rings. The molecule has 0 bridgehead atoms. The molecule has 1 aliphatic heterocycles. The maximum Gasteiger partial charge on any atom is 0.231 e. The first-order chi connectivity index (χ1) is 15.8. The summed E-state index contributed by atoms with van der Waals surface area (Å²) in [4.78, 5) is 11.0. The largest absolute Gasteiger partial charge is 0.490 e. The van der Waals surface area contributed by atoms with Gasteiger partial charge in [0.2, 0.25) is 5.71 Å². The van der Waals surface area contributed by atoms with Gasteiger partial charge in [0.05, 0.1) is 30.0 Å². The number of ether oxygens (including phenoxy) is 2. The highest BCUT2D eigenvalue weighted by Gasteiger charge is 2.33. The fourth-order valence-electron chi connectivity index (χ4n) is 4.35. The Morgan fingerprint density at radius 1 is 1.03 bits per heavy atom. The van der Waals surface area contributed by atoms with Crippen molar-refractivity contribution in [3.05, 3.63) is 78.8 Å². The summed E-state index contributed by atoms with van der Waals surface area (Å²) < 4.78 is 17.8. The van der Waals surface area contributed by atoms with E-state index in [4.69, 9.17) is 19.6 Å². The summed E-state index contributed by atoms with van der Waals surface area (Å²) in [7, 11) is 0. The molecule has 32 heavy (non-hydrogen) atoms. The maximum absolute atomic E-state index is 6.24. The number of fused-ring (bicyclic) bond motifs is 1. The smallest absolute Gasteiger partial charge is 0.231 e. The van der Waals surface area contributed by atoms with E-state index in [9.17, 15) is 0 Å². The number of furan rings is 1. The van der Waals surface area contributed by atoms with E-state index in [1.165, 1.54) is 11.9 Å².